The molecule has 0 aromatic heterocycles. The lowest BCUT2D eigenvalue weighted by molar-refractivity contribution is 0.599. The molecular weight excluding hydrogens is 240 g/mol. The zero-order chi connectivity index (χ0) is 8.77. The summed E-state index contributed by atoms with van der Waals surface area (Å²) in [5.41, 5.74) is 0.935. The first kappa shape index (κ1) is 8.26. The van der Waals surface area contributed by atoms with Crippen LogP contribution in [0.4, 0.5) is 0 Å². The Morgan fingerprint density at radius 3 is 2.75 bits per heavy atom. The summed E-state index contributed by atoms with van der Waals surface area (Å²) in [4.78, 5) is 0.491. The largest absolute Gasteiger partial charge is 0.224 e. The number of rotatable bonds is 0. The molecule has 1 aromatic rings. The van der Waals surface area contributed by atoms with Gasteiger partial charge in [0.15, 0.2) is 9.84 Å². The number of sulfone groups is 1. The summed E-state index contributed by atoms with van der Waals surface area (Å²) in [6.45, 7) is 0. The highest BCUT2D eigenvalue weighted by molar-refractivity contribution is 9.10. The number of aryl methyl sites for hydroxylation is 1. The average Bonchev–Trinajstić information content (AvgIpc) is 2.29. The van der Waals surface area contributed by atoms with Gasteiger partial charge in [0.25, 0.3) is 0 Å². The molecule has 12 heavy (non-hydrogen) atoms. The molecule has 0 saturated heterocycles. The lowest BCUT2D eigenvalue weighted by atomic mass is 10.2. The molecule has 64 valence electrons. The van der Waals surface area contributed by atoms with E-state index in [1.807, 2.05) is 12.1 Å². The second-order valence-corrected chi connectivity index (χ2v) is 5.70. The van der Waals surface area contributed by atoms with E-state index in [4.69, 9.17) is 0 Å². The molecule has 0 radical (unpaired) electrons. The van der Waals surface area contributed by atoms with Crippen LogP contribution in [0.5, 0.6) is 0 Å². The monoisotopic (exact) mass is 246 g/mol. The maximum Gasteiger partial charge on any atom is 0.180 e. The van der Waals surface area contributed by atoms with E-state index in [9.17, 15) is 8.42 Å². The first-order valence-corrected chi connectivity index (χ1v) is 6.06. The second kappa shape index (κ2) is 2.57. The molecular formula is C8H7BrO2S. The molecule has 0 amide bonds. The third-order valence-corrected chi connectivity index (χ3v) is 4.77. The first-order valence-electron chi connectivity index (χ1n) is 3.61. The van der Waals surface area contributed by atoms with Crippen LogP contribution in [-0.4, -0.2) is 14.2 Å². The topological polar surface area (TPSA) is 34.1 Å². The molecule has 1 heterocycles. The summed E-state index contributed by atoms with van der Waals surface area (Å²) in [6.07, 6.45) is 0.650. The van der Waals surface area contributed by atoms with Gasteiger partial charge in [-0.25, -0.2) is 8.42 Å². The van der Waals surface area contributed by atoms with Crippen molar-refractivity contribution >= 4 is 25.8 Å². The van der Waals surface area contributed by atoms with Crippen LogP contribution < -0.4 is 0 Å². The van der Waals surface area contributed by atoms with Gasteiger partial charge < -0.3 is 0 Å². The van der Waals surface area contributed by atoms with Crippen molar-refractivity contribution in [3.05, 3.63) is 28.2 Å². The molecule has 0 bridgehead atoms. The van der Waals surface area contributed by atoms with Crippen molar-refractivity contribution in [2.75, 3.05) is 5.75 Å². The fourth-order valence-corrected chi connectivity index (χ4v) is 4.22. The van der Waals surface area contributed by atoms with Crippen LogP contribution in [0.3, 0.4) is 0 Å². The second-order valence-electron chi connectivity index (χ2n) is 2.80. The van der Waals surface area contributed by atoms with Gasteiger partial charge in [-0.2, -0.15) is 0 Å². The van der Waals surface area contributed by atoms with Gasteiger partial charge >= 0.3 is 0 Å². The first-order chi connectivity index (χ1) is 5.61. The number of benzene rings is 1. The SMILES string of the molecule is O=S1(=O)CCc2cccc(Br)c21. The normalized spacial score (nSPS) is 19.1. The van der Waals surface area contributed by atoms with Crippen LogP contribution in [0.25, 0.3) is 0 Å². The van der Waals surface area contributed by atoms with Crippen molar-refractivity contribution in [1.29, 1.82) is 0 Å². The van der Waals surface area contributed by atoms with E-state index in [1.165, 1.54) is 0 Å². The fraction of sp³-hybridized carbons (Fsp3) is 0.250. The third kappa shape index (κ3) is 1.10. The molecule has 0 unspecified atom stereocenters. The molecule has 0 N–H and O–H groups in total. The van der Waals surface area contributed by atoms with Gasteiger partial charge in [0.1, 0.15) is 0 Å². The molecule has 1 aromatic carbocycles. The van der Waals surface area contributed by atoms with Crippen molar-refractivity contribution in [3.63, 3.8) is 0 Å². The maximum atomic E-state index is 11.4. The van der Waals surface area contributed by atoms with Crippen molar-refractivity contribution < 1.29 is 8.42 Å². The zero-order valence-corrected chi connectivity index (χ0v) is 8.65. The smallest absolute Gasteiger partial charge is 0.180 e. The van der Waals surface area contributed by atoms with Crippen LogP contribution in [0, 0.1) is 0 Å². The Morgan fingerprint density at radius 2 is 2.08 bits per heavy atom. The summed E-state index contributed by atoms with van der Waals surface area (Å²) in [5.74, 6) is 0.255. The molecule has 0 saturated carbocycles. The Labute approximate surface area is 79.6 Å². The molecule has 4 heteroatoms. The maximum absolute atomic E-state index is 11.4. The van der Waals surface area contributed by atoms with Crippen LogP contribution in [0.1, 0.15) is 5.56 Å². The molecule has 2 rings (SSSR count). The Bertz CT molecular complexity index is 423. The summed E-state index contributed by atoms with van der Waals surface area (Å²) < 4.78 is 23.6. The van der Waals surface area contributed by atoms with Gasteiger partial charge in [-0.15, -0.1) is 0 Å². The lowest BCUT2D eigenvalue weighted by Crippen LogP contribution is -1.99. The predicted molar refractivity (Wildman–Crippen MR) is 49.9 cm³/mol. The van der Waals surface area contributed by atoms with Gasteiger partial charge in [-0.1, -0.05) is 12.1 Å². The van der Waals surface area contributed by atoms with Crippen LogP contribution >= 0.6 is 15.9 Å². The quantitative estimate of drug-likeness (QED) is 0.700. The summed E-state index contributed by atoms with van der Waals surface area (Å²) in [5, 5.41) is 0. The minimum Gasteiger partial charge on any atom is -0.224 e. The number of fused-ring (bicyclic) bond motifs is 1. The van der Waals surface area contributed by atoms with E-state index in [-0.39, 0.29) is 5.75 Å². The third-order valence-electron chi connectivity index (χ3n) is 2.00. The zero-order valence-electron chi connectivity index (χ0n) is 6.25. The van der Waals surface area contributed by atoms with Gasteiger partial charge in [-0.05, 0) is 34.0 Å². The number of hydrogen-bond acceptors (Lipinski definition) is 2. The molecule has 1 aliphatic heterocycles. The standard InChI is InChI=1S/C8H7BrO2S/c9-7-3-1-2-6-4-5-12(10,11)8(6)7/h1-3H,4-5H2. The van der Waals surface area contributed by atoms with Crippen LogP contribution in [0.15, 0.2) is 27.6 Å². The van der Waals surface area contributed by atoms with Gasteiger partial charge in [0, 0.05) is 4.47 Å². The van der Waals surface area contributed by atoms with Crippen molar-refractivity contribution in [2.24, 2.45) is 0 Å². The van der Waals surface area contributed by atoms with Crippen molar-refractivity contribution in [3.8, 4) is 0 Å². The molecule has 1 aliphatic rings. The number of halogens is 1. The average molecular weight is 247 g/mol. The Kier molecular flexibility index (Phi) is 1.77. The van der Waals surface area contributed by atoms with E-state index in [0.29, 0.717) is 15.8 Å². The highest BCUT2D eigenvalue weighted by Crippen LogP contribution is 2.32. The van der Waals surface area contributed by atoms with E-state index in [2.05, 4.69) is 15.9 Å². The highest BCUT2D eigenvalue weighted by Gasteiger charge is 2.27. The van der Waals surface area contributed by atoms with Crippen molar-refractivity contribution in [1.82, 2.24) is 0 Å². The van der Waals surface area contributed by atoms with Gasteiger partial charge in [0.2, 0.25) is 0 Å². The van der Waals surface area contributed by atoms with Crippen LogP contribution in [-0.2, 0) is 16.3 Å². The van der Waals surface area contributed by atoms with Crippen molar-refractivity contribution in [2.45, 2.75) is 11.3 Å². The Morgan fingerprint density at radius 1 is 1.33 bits per heavy atom. The Hall–Kier alpha value is -0.350. The molecule has 0 spiro atoms. The lowest BCUT2D eigenvalue weighted by Gasteiger charge is -1.99. The minimum absolute atomic E-state index is 0.255. The molecule has 2 nitrogen and oxygen atoms in total. The molecule has 0 fully saturated rings. The summed E-state index contributed by atoms with van der Waals surface area (Å²) in [6, 6.07) is 5.50. The van der Waals surface area contributed by atoms with E-state index in [0.717, 1.165) is 5.56 Å². The predicted octanol–water partition coefficient (Wildman–Crippen LogP) is 1.78. The highest BCUT2D eigenvalue weighted by atomic mass is 79.9. The summed E-state index contributed by atoms with van der Waals surface area (Å²) in [7, 11) is -2.98. The molecule has 0 atom stereocenters. The number of hydrogen-bond donors (Lipinski definition) is 0. The summed E-state index contributed by atoms with van der Waals surface area (Å²) >= 11 is 3.24. The van der Waals surface area contributed by atoms with E-state index < -0.39 is 9.84 Å². The van der Waals surface area contributed by atoms with Crippen LogP contribution in [0.2, 0.25) is 0 Å². The fourth-order valence-electron chi connectivity index (χ4n) is 1.45. The minimum atomic E-state index is -2.98. The molecule has 0 aliphatic carbocycles. The van der Waals surface area contributed by atoms with E-state index >= 15 is 0 Å². The Balaban J connectivity index is 2.81. The van der Waals surface area contributed by atoms with Gasteiger partial charge in [0.05, 0.1) is 10.6 Å². The van der Waals surface area contributed by atoms with E-state index in [1.54, 1.807) is 6.07 Å². The van der Waals surface area contributed by atoms with Gasteiger partial charge in [-0.3, -0.25) is 0 Å².